The van der Waals surface area contributed by atoms with E-state index in [1.165, 1.54) is 0 Å². The van der Waals surface area contributed by atoms with Gasteiger partial charge in [0.15, 0.2) is 0 Å². The third-order valence-electron chi connectivity index (χ3n) is 1.35. The Kier molecular flexibility index (Phi) is 2.32. The maximum absolute atomic E-state index is 10.9. The number of hydrogen-bond acceptors (Lipinski definition) is 5. The number of hydrogen-bond donors (Lipinski definition) is 1. The summed E-state index contributed by atoms with van der Waals surface area (Å²) >= 11 is 0. The zero-order valence-electron chi connectivity index (χ0n) is 6.49. The second-order valence-corrected chi connectivity index (χ2v) is 2.12. The van der Waals surface area contributed by atoms with Crippen LogP contribution in [0.1, 0.15) is 6.92 Å². The molecule has 0 aromatic rings. The minimum Gasteiger partial charge on any atom is -0.501 e. The first-order valence-corrected chi connectivity index (χ1v) is 3.43. The molecule has 1 aliphatic rings. The summed E-state index contributed by atoms with van der Waals surface area (Å²) in [4.78, 5) is 21.5. The summed E-state index contributed by atoms with van der Waals surface area (Å²) in [6.07, 6.45) is 0. The summed E-state index contributed by atoms with van der Waals surface area (Å²) in [7, 11) is 0. The van der Waals surface area contributed by atoms with Crippen molar-refractivity contribution < 1.29 is 24.2 Å². The minimum absolute atomic E-state index is 0.109. The van der Waals surface area contributed by atoms with Crippen molar-refractivity contribution in [2.24, 2.45) is 0 Å². The number of cyclic esters (lactones) is 1. The highest BCUT2D eigenvalue weighted by atomic mass is 16.6. The predicted molar refractivity (Wildman–Crippen MR) is 37.2 cm³/mol. The first-order chi connectivity index (χ1) is 5.66. The average Bonchev–Trinajstić information content (AvgIpc) is 2.34. The maximum Gasteiger partial charge on any atom is 0.374 e. The fraction of sp³-hybridized carbons (Fsp3) is 0.429. The molecule has 0 radical (unpaired) electrons. The van der Waals surface area contributed by atoms with Crippen molar-refractivity contribution in [3.05, 3.63) is 11.3 Å². The van der Waals surface area contributed by atoms with Crippen molar-refractivity contribution in [2.75, 3.05) is 13.2 Å². The van der Waals surface area contributed by atoms with Crippen molar-refractivity contribution >= 4 is 11.9 Å². The fourth-order valence-electron chi connectivity index (χ4n) is 0.771. The highest BCUT2D eigenvalue weighted by Crippen LogP contribution is 2.14. The van der Waals surface area contributed by atoms with Crippen LogP contribution in [0.15, 0.2) is 11.3 Å². The van der Waals surface area contributed by atoms with E-state index in [0.29, 0.717) is 0 Å². The molecular weight excluding hydrogens is 164 g/mol. The Balaban J connectivity index is 2.75. The zero-order valence-corrected chi connectivity index (χ0v) is 6.49. The molecule has 5 nitrogen and oxygen atoms in total. The molecule has 0 aliphatic carbocycles. The zero-order chi connectivity index (χ0) is 9.14. The van der Waals surface area contributed by atoms with Crippen LogP contribution < -0.4 is 0 Å². The van der Waals surface area contributed by atoms with Gasteiger partial charge in [-0.05, 0) is 6.92 Å². The Morgan fingerprint density at radius 3 is 2.83 bits per heavy atom. The van der Waals surface area contributed by atoms with E-state index in [0.717, 1.165) is 0 Å². The van der Waals surface area contributed by atoms with Gasteiger partial charge < -0.3 is 14.6 Å². The largest absolute Gasteiger partial charge is 0.501 e. The second-order valence-electron chi connectivity index (χ2n) is 2.12. The van der Waals surface area contributed by atoms with Crippen molar-refractivity contribution in [3.63, 3.8) is 0 Å². The third-order valence-corrected chi connectivity index (χ3v) is 1.35. The van der Waals surface area contributed by atoms with Crippen molar-refractivity contribution in [1.82, 2.24) is 0 Å². The molecule has 0 aromatic heterocycles. The number of esters is 2. The van der Waals surface area contributed by atoms with Gasteiger partial charge in [0.2, 0.25) is 5.76 Å². The van der Waals surface area contributed by atoms with Crippen LogP contribution in [-0.2, 0) is 19.1 Å². The molecule has 5 heteroatoms. The standard InChI is InChI=1S/C7H8O5/c1-2-11-6(9)4-3-12-7(10)5(4)8/h8H,2-3H2,1H3. The lowest BCUT2D eigenvalue weighted by molar-refractivity contribution is -0.139. The molecule has 0 saturated carbocycles. The summed E-state index contributed by atoms with van der Waals surface area (Å²) in [5, 5.41) is 8.96. The predicted octanol–water partition coefficient (Wildman–Crippen LogP) is -0.0816. The van der Waals surface area contributed by atoms with E-state index in [1.54, 1.807) is 6.92 Å². The molecule has 0 fully saturated rings. The highest BCUT2D eigenvalue weighted by molar-refractivity contribution is 6.01. The van der Waals surface area contributed by atoms with E-state index in [2.05, 4.69) is 9.47 Å². The van der Waals surface area contributed by atoms with Gasteiger partial charge in [0.05, 0.1) is 6.61 Å². The van der Waals surface area contributed by atoms with E-state index in [4.69, 9.17) is 5.11 Å². The lowest BCUT2D eigenvalue weighted by Crippen LogP contribution is -2.10. The number of aliphatic hydroxyl groups is 1. The summed E-state index contributed by atoms with van der Waals surface area (Å²) < 4.78 is 8.94. The molecule has 12 heavy (non-hydrogen) atoms. The molecule has 1 heterocycles. The molecule has 1 aliphatic heterocycles. The van der Waals surface area contributed by atoms with Gasteiger partial charge in [-0.1, -0.05) is 0 Å². The molecular formula is C7H8O5. The molecule has 0 amide bonds. The molecule has 0 unspecified atom stereocenters. The Morgan fingerprint density at radius 1 is 1.75 bits per heavy atom. The van der Waals surface area contributed by atoms with Gasteiger partial charge in [-0.3, -0.25) is 0 Å². The third kappa shape index (κ3) is 1.39. The lowest BCUT2D eigenvalue weighted by atomic mass is 10.3. The molecule has 66 valence electrons. The minimum atomic E-state index is -0.877. The van der Waals surface area contributed by atoms with Gasteiger partial charge in [-0.2, -0.15) is 0 Å². The quantitative estimate of drug-likeness (QED) is 0.589. The Hall–Kier alpha value is -1.52. The van der Waals surface area contributed by atoms with Crippen LogP contribution >= 0.6 is 0 Å². The second kappa shape index (κ2) is 3.25. The van der Waals surface area contributed by atoms with Crippen LogP contribution in [0.5, 0.6) is 0 Å². The molecule has 0 saturated heterocycles. The summed E-state index contributed by atoms with van der Waals surface area (Å²) in [6, 6.07) is 0. The Morgan fingerprint density at radius 2 is 2.42 bits per heavy atom. The maximum atomic E-state index is 10.9. The number of ether oxygens (including phenoxy) is 2. The topological polar surface area (TPSA) is 72.8 Å². The summed E-state index contributed by atoms with van der Waals surface area (Å²) in [6.45, 7) is 1.63. The van der Waals surface area contributed by atoms with Crippen molar-refractivity contribution in [1.29, 1.82) is 0 Å². The van der Waals surface area contributed by atoms with E-state index in [-0.39, 0.29) is 18.8 Å². The van der Waals surface area contributed by atoms with Gasteiger partial charge in [-0.15, -0.1) is 0 Å². The SMILES string of the molecule is CCOC(=O)C1=C(O)C(=O)OC1. The molecule has 0 spiro atoms. The molecule has 0 aromatic carbocycles. The van der Waals surface area contributed by atoms with Gasteiger partial charge in [0, 0.05) is 0 Å². The first-order valence-electron chi connectivity index (χ1n) is 3.43. The fourth-order valence-corrected chi connectivity index (χ4v) is 0.771. The van der Waals surface area contributed by atoms with Crippen LogP contribution in [0, 0.1) is 0 Å². The monoisotopic (exact) mass is 172 g/mol. The highest BCUT2D eigenvalue weighted by Gasteiger charge is 2.29. The number of rotatable bonds is 2. The van der Waals surface area contributed by atoms with E-state index < -0.39 is 17.7 Å². The number of aliphatic hydroxyl groups excluding tert-OH is 1. The molecule has 0 bridgehead atoms. The average molecular weight is 172 g/mol. The Bertz CT molecular complexity index is 253. The van der Waals surface area contributed by atoms with Crippen LogP contribution in [0.3, 0.4) is 0 Å². The lowest BCUT2D eigenvalue weighted by Gasteiger charge is -1.99. The van der Waals surface area contributed by atoms with Crippen LogP contribution in [0.25, 0.3) is 0 Å². The van der Waals surface area contributed by atoms with Crippen molar-refractivity contribution in [2.45, 2.75) is 6.92 Å². The van der Waals surface area contributed by atoms with Crippen LogP contribution in [0.2, 0.25) is 0 Å². The van der Waals surface area contributed by atoms with Crippen molar-refractivity contribution in [3.8, 4) is 0 Å². The first kappa shape index (κ1) is 8.58. The molecule has 1 rings (SSSR count). The van der Waals surface area contributed by atoms with Gasteiger partial charge >= 0.3 is 11.9 Å². The normalized spacial score (nSPS) is 16.2. The summed E-state index contributed by atoms with van der Waals surface area (Å²) in [5.74, 6) is -2.23. The van der Waals surface area contributed by atoms with Crippen LogP contribution in [0.4, 0.5) is 0 Å². The molecule has 0 atom stereocenters. The van der Waals surface area contributed by atoms with E-state index in [1.807, 2.05) is 0 Å². The summed E-state index contributed by atoms with van der Waals surface area (Å²) in [5.41, 5.74) is -0.109. The van der Waals surface area contributed by atoms with Gasteiger partial charge in [0.25, 0.3) is 0 Å². The Labute approximate surface area is 68.6 Å². The van der Waals surface area contributed by atoms with Gasteiger partial charge in [0.1, 0.15) is 12.2 Å². The number of carbonyl (C=O) groups excluding carboxylic acids is 2. The smallest absolute Gasteiger partial charge is 0.374 e. The molecule has 1 N–H and O–H groups in total. The number of carbonyl (C=O) groups is 2. The van der Waals surface area contributed by atoms with E-state index >= 15 is 0 Å². The van der Waals surface area contributed by atoms with Crippen LogP contribution in [-0.4, -0.2) is 30.3 Å². The van der Waals surface area contributed by atoms with Gasteiger partial charge in [-0.25, -0.2) is 9.59 Å². The van der Waals surface area contributed by atoms with E-state index in [9.17, 15) is 9.59 Å².